The lowest BCUT2D eigenvalue weighted by atomic mass is 10.1. The monoisotopic (exact) mass is 314 g/mol. The van der Waals surface area contributed by atoms with Gasteiger partial charge in [0.15, 0.2) is 0 Å². The number of aromatic nitrogens is 1. The van der Waals surface area contributed by atoms with Crippen LogP contribution < -0.4 is 4.72 Å². The largest absolute Gasteiger partial charge is 0.507 e. The number of sulfonamides is 1. The van der Waals surface area contributed by atoms with Crippen molar-refractivity contribution >= 4 is 20.8 Å². The van der Waals surface area contributed by atoms with E-state index in [0.717, 1.165) is 0 Å². The molecule has 0 radical (unpaired) electrons. The average Bonchev–Trinajstić information content (AvgIpc) is 2.54. The number of hydrogen-bond donors (Lipinski definition) is 2. The first kappa shape index (κ1) is 14.5. The van der Waals surface area contributed by atoms with Crippen molar-refractivity contribution in [3.05, 3.63) is 66.5 Å². The Morgan fingerprint density at radius 2 is 1.91 bits per heavy atom. The van der Waals surface area contributed by atoms with Crippen LogP contribution >= 0.6 is 0 Å². The van der Waals surface area contributed by atoms with Gasteiger partial charge in [-0.05, 0) is 41.8 Å². The van der Waals surface area contributed by atoms with Crippen molar-refractivity contribution in [2.24, 2.45) is 0 Å². The molecule has 0 fully saturated rings. The van der Waals surface area contributed by atoms with E-state index >= 15 is 0 Å². The quantitative estimate of drug-likeness (QED) is 0.775. The Bertz CT molecular complexity index is 909. The lowest BCUT2D eigenvalue weighted by Crippen LogP contribution is -2.23. The summed E-state index contributed by atoms with van der Waals surface area (Å²) in [5, 5.41) is 11.0. The maximum Gasteiger partial charge on any atom is 0.240 e. The Kier molecular flexibility index (Phi) is 3.79. The van der Waals surface area contributed by atoms with Gasteiger partial charge in [-0.15, -0.1) is 0 Å². The van der Waals surface area contributed by atoms with E-state index in [0.29, 0.717) is 16.5 Å². The summed E-state index contributed by atoms with van der Waals surface area (Å²) in [6, 6.07) is 14.9. The number of benzene rings is 2. The number of pyridine rings is 1. The molecule has 22 heavy (non-hydrogen) atoms. The zero-order chi connectivity index (χ0) is 15.6. The highest BCUT2D eigenvalue weighted by atomic mass is 32.2. The first-order chi connectivity index (χ1) is 10.6. The molecule has 2 aromatic carbocycles. The van der Waals surface area contributed by atoms with E-state index in [-0.39, 0.29) is 17.2 Å². The molecule has 1 heterocycles. The Balaban J connectivity index is 1.89. The SMILES string of the molecule is O=S(=O)(NCc1ccccn1)c1ccc2c(O)cccc2c1. The summed E-state index contributed by atoms with van der Waals surface area (Å²) >= 11 is 0. The summed E-state index contributed by atoms with van der Waals surface area (Å²) in [5.41, 5.74) is 0.643. The van der Waals surface area contributed by atoms with Gasteiger partial charge in [-0.1, -0.05) is 18.2 Å². The zero-order valence-electron chi connectivity index (χ0n) is 11.6. The highest BCUT2D eigenvalue weighted by molar-refractivity contribution is 7.89. The molecule has 0 spiro atoms. The van der Waals surface area contributed by atoms with Crippen LogP contribution in [0.4, 0.5) is 0 Å². The van der Waals surface area contributed by atoms with E-state index < -0.39 is 10.0 Å². The summed E-state index contributed by atoms with van der Waals surface area (Å²) in [5.74, 6) is 0.128. The predicted octanol–water partition coefficient (Wildman–Crippen LogP) is 2.42. The van der Waals surface area contributed by atoms with E-state index in [1.165, 1.54) is 12.1 Å². The molecule has 0 aliphatic rings. The molecule has 112 valence electrons. The minimum Gasteiger partial charge on any atom is -0.507 e. The first-order valence-corrected chi connectivity index (χ1v) is 8.16. The maximum absolute atomic E-state index is 12.3. The minimum atomic E-state index is -3.63. The topological polar surface area (TPSA) is 79.3 Å². The van der Waals surface area contributed by atoms with Crippen LogP contribution in [0.3, 0.4) is 0 Å². The van der Waals surface area contributed by atoms with Crippen molar-refractivity contribution in [2.45, 2.75) is 11.4 Å². The number of phenolic OH excluding ortho intramolecular Hbond substituents is 1. The molecular weight excluding hydrogens is 300 g/mol. The van der Waals surface area contributed by atoms with Crippen LogP contribution in [0.25, 0.3) is 10.8 Å². The molecule has 0 amide bonds. The van der Waals surface area contributed by atoms with Gasteiger partial charge in [0.2, 0.25) is 10.0 Å². The molecule has 0 saturated heterocycles. The number of hydrogen-bond acceptors (Lipinski definition) is 4. The van der Waals surface area contributed by atoms with Crippen LogP contribution in [-0.4, -0.2) is 18.5 Å². The second kappa shape index (κ2) is 5.75. The third kappa shape index (κ3) is 2.93. The fourth-order valence-electron chi connectivity index (χ4n) is 2.17. The molecular formula is C16H14N2O3S. The summed E-state index contributed by atoms with van der Waals surface area (Å²) < 4.78 is 27.2. The van der Waals surface area contributed by atoms with Gasteiger partial charge in [-0.3, -0.25) is 4.98 Å². The molecule has 0 saturated carbocycles. The van der Waals surface area contributed by atoms with Gasteiger partial charge in [0, 0.05) is 11.6 Å². The first-order valence-electron chi connectivity index (χ1n) is 6.67. The van der Waals surface area contributed by atoms with Crippen LogP contribution in [-0.2, 0) is 16.6 Å². The summed E-state index contributed by atoms with van der Waals surface area (Å²) in [4.78, 5) is 4.23. The molecule has 5 nitrogen and oxygen atoms in total. The van der Waals surface area contributed by atoms with Crippen LogP contribution in [0.15, 0.2) is 65.7 Å². The average molecular weight is 314 g/mol. The van der Waals surface area contributed by atoms with Crippen LogP contribution in [0.5, 0.6) is 5.75 Å². The van der Waals surface area contributed by atoms with Crippen molar-refractivity contribution in [1.29, 1.82) is 0 Å². The second-order valence-electron chi connectivity index (χ2n) is 4.81. The highest BCUT2D eigenvalue weighted by Crippen LogP contribution is 2.26. The zero-order valence-corrected chi connectivity index (χ0v) is 12.4. The third-order valence-corrected chi connectivity index (χ3v) is 4.71. The third-order valence-electron chi connectivity index (χ3n) is 3.31. The summed E-state index contributed by atoms with van der Waals surface area (Å²) in [6.07, 6.45) is 1.61. The molecule has 0 aliphatic carbocycles. The van der Waals surface area contributed by atoms with Crippen molar-refractivity contribution in [2.75, 3.05) is 0 Å². The van der Waals surface area contributed by atoms with Crippen molar-refractivity contribution < 1.29 is 13.5 Å². The molecule has 0 aliphatic heterocycles. The van der Waals surface area contributed by atoms with E-state index in [1.54, 1.807) is 48.7 Å². The molecule has 3 aromatic rings. The molecule has 0 bridgehead atoms. The lowest BCUT2D eigenvalue weighted by molar-refractivity contribution is 0.481. The number of rotatable bonds is 4. The van der Waals surface area contributed by atoms with Gasteiger partial charge in [0.1, 0.15) is 5.75 Å². The Hall–Kier alpha value is -2.44. The van der Waals surface area contributed by atoms with E-state index in [2.05, 4.69) is 9.71 Å². The summed E-state index contributed by atoms with van der Waals surface area (Å²) in [7, 11) is -3.63. The molecule has 2 N–H and O–H groups in total. The van der Waals surface area contributed by atoms with Crippen molar-refractivity contribution in [3.8, 4) is 5.75 Å². The molecule has 0 unspecified atom stereocenters. The van der Waals surface area contributed by atoms with Gasteiger partial charge < -0.3 is 5.11 Å². The normalized spacial score (nSPS) is 11.6. The van der Waals surface area contributed by atoms with Crippen LogP contribution in [0.2, 0.25) is 0 Å². The predicted molar refractivity (Wildman–Crippen MR) is 83.9 cm³/mol. The van der Waals surface area contributed by atoms with E-state index in [9.17, 15) is 13.5 Å². The van der Waals surface area contributed by atoms with E-state index in [4.69, 9.17) is 0 Å². The number of phenols is 1. The lowest BCUT2D eigenvalue weighted by Gasteiger charge is -2.08. The number of nitrogens with one attached hydrogen (secondary N) is 1. The molecule has 1 aromatic heterocycles. The summed E-state index contributed by atoms with van der Waals surface area (Å²) in [6.45, 7) is 0.126. The maximum atomic E-state index is 12.3. The van der Waals surface area contributed by atoms with Crippen molar-refractivity contribution in [3.63, 3.8) is 0 Å². The van der Waals surface area contributed by atoms with Crippen LogP contribution in [0, 0.1) is 0 Å². The highest BCUT2D eigenvalue weighted by Gasteiger charge is 2.15. The van der Waals surface area contributed by atoms with Gasteiger partial charge >= 0.3 is 0 Å². The fraction of sp³-hybridized carbons (Fsp3) is 0.0625. The molecule has 0 atom stereocenters. The standard InChI is InChI=1S/C16H14N2O3S/c19-16-6-3-4-12-10-14(7-8-15(12)16)22(20,21)18-11-13-5-1-2-9-17-13/h1-10,18-19H,11H2. The Labute approximate surface area is 128 Å². The fourth-order valence-corrected chi connectivity index (χ4v) is 3.20. The smallest absolute Gasteiger partial charge is 0.240 e. The minimum absolute atomic E-state index is 0.126. The number of fused-ring (bicyclic) bond motifs is 1. The number of aromatic hydroxyl groups is 1. The Morgan fingerprint density at radius 3 is 2.68 bits per heavy atom. The number of nitrogens with zero attached hydrogens (tertiary/aromatic N) is 1. The van der Waals surface area contributed by atoms with E-state index in [1.807, 2.05) is 0 Å². The Morgan fingerprint density at radius 1 is 1.05 bits per heavy atom. The second-order valence-corrected chi connectivity index (χ2v) is 6.57. The van der Waals surface area contributed by atoms with Gasteiger partial charge in [-0.2, -0.15) is 0 Å². The molecule has 6 heteroatoms. The van der Waals surface area contributed by atoms with Gasteiger partial charge in [-0.25, -0.2) is 13.1 Å². The van der Waals surface area contributed by atoms with Gasteiger partial charge in [0.05, 0.1) is 17.1 Å². The van der Waals surface area contributed by atoms with Crippen molar-refractivity contribution in [1.82, 2.24) is 9.71 Å². The van der Waals surface area contributed by atoms with Crippen LogP contribution in [0.1, 0.15) is 5.69 Å². The molecule has 3 rings (SSSR count). The van der Waals surface area contributed by atoms with Gasteiger partial charge in [0.25, 0.3) is 0 Å².